The van der Waals surface area contributed by atoms with Crippen molar-refractivity contribution in [2.24, 2.45) is 16.0 Å². The van der Waals surface area contributed by atoms with Crippen molar-refractivity contribution < 1.29 is 23.8 Å². The molecule has 2 rings (SSSR count). The number of hydrogen-bond acceptors (Lipinski definition) is 10. The fourth-order valence-electron chi connectivity index (χ4n) is 2.00. The van der Waals surface area contributed by atoms with Gasteiger partial charge in [-0.05, 0) is 31.2 Å². The Morgan fingerprint density at radius 1 is 1.10 bits per heavy atom. The lowest BCUT2D eigenvalue weighted by Crippen LogP contribution is -2.32. The molecule has 29 heavy (non-hydrogen) atoms. The van der Waals surface area contributed by atoms with Gasteiger partial charge in [0, 0.05) is 6.92 Å². The van der Waals surface area contributed by atoms with Gasteiger partial charge in [-0.1, -0.05) is 12.1 Å². The van der Waals surface area contributed by atoms with Crippen LogP contribution in [0.25, 0.3) is 0 Å². The number of benzene rings is 1. The smallest absolute Gasteiger partial charge is 0.453 e. The predicted octanol–water partition coefficient (Wildman–Crippen LogP) is 2.87. The quantitative estimate of drug-likeness (QED) is 0.361. The van der Waals surface area contributed by atoms with Gasteiger partial charge in [-0.2, -0.15) is 0 Å². The molecule has 0 fully saturated rings. The zero-order valence-electron chi connectivity index (χ0n) is 16.2. The van der Waals surface area contributed by atoms with E-state index in [0.29, 0.717) is 11.4 Å². The Hall–Kier alpha value is -3.73. The van der Waals surface area contributed by atoms with Crippen LogP contribution in [-0.2, 0) is 14.3 Å². The maximum Gasteiger partial charge on any atom is 0.511 e. The zero-order chi connectivity index (χ0) is 21.4. The van der Waals surface area contributed by atoms with Gasteiger partial charge in [0.25, 0.3) is 0 Å². The minimum absolute atomic E-state index is 0.0667. The summed E-state index contributed by atoms with van der Waals surface area (Å²) in [5, 5.41) is 10.7. The highest BCUT2D eigenvalue weighted by atomic mass is 16.8. The standard InChI is InChI=1S/C18H22N6O5/c1-10(19)17(25)22-15-9-8-13(16(20)21-15)24-23-12-6-4-5-7-14(12)28-11(2)29-18(26)27-3/h4-11H,19H2,1-3H3,(H3,20,21,22,25)/t10-,11?/m0/s1. The lowest BCUT2D eigenvalue weighted by atomic mass is 10.3. The number of hydrogen-bond donors (Lipinski definition) is 3. The van der Waals surface area contributed by atoms with Crippen molar-refractivity contribution in [3.63, 3.8) is 0 Å². The molecule has 0 spiro atoms. The number of carbonyl (C=O) groups is 2. The van der Waals surface area contributed by atoms with Crippen molar-refractivity contribution in [3.05, 3.63) is 36.4 Å². The number of rotatable bonds is 7. The number of ether oxygens (including phenoxy) is 3. The monoisotopic (exact) mass is 402 g/mol. The highest BCUT2D eigenvalue weighted by Crippen LogP contribution is 2.31. The summed E-state index contributed by atoms with van der Waals surface area (Å²) in [6.07, 6.45) is -1.77. The number of pyridine rings is 1. The Morgan fingerprint density at radius 3 is 2.45 bits per heavy atom. The topological polar surface area (TPSA) is 164 Å². The van der Waals surface area contributed by atoms with Gasteiger partial charge < -0.3 is 31.0 Å². The molecule has 1 aromatic heterocycles. The molecule has 0 aliphatic heterocycles. The van der Waals surface area contributed by atoms with E-state index in [2.05, 4.69) is 25.3 Å². The van der Waals surface area contributed by atoms with Crippen LogP contribution in [0.5, 0.6) is 5.75 Å². The Bertz CT molecular complexity index is 902. The molecule has 154 valence electrons. The van der Waals surface area contributed by atoms with Crippen molar-refractivity contribution in [3.8, 4) is 5.75 Å². The molecule has 0 bridgehead atoms. The van der Waals surface area contributed by atoms with E-state index in [1.165, 1.54) is 20.1 Å². The minimum Gasteiger partial charge on any atom is -0.453 e. The van der Waals surface area contributed by atoms with Crippen LogP contribution >= 0.6 is 0 Å². The fourth-order valence-corrected chi connectivity index (χ4v) is 2.00. The van der Waals surface area contributed by atoms with E-state index in [4.69, 9.17) is 20.9 Å². The Morgan fingerprint density at radius 2 is 1.79 bits per heavy atom. The van der Waals surface area contributed by atoms with Crippen molar-refractivity contribution in [2.45, 2.75) is 26.2 Å². The van der Waals surface area contributed by atoms with Gasteiger partial charge in [-0.25, -0.2) is 9.78 Å². The number of nitrogen functional groups attached to an aromatic ring is 1. The van der Waals surface area contributed by atoms with Gasteiger partial charge in [-0.3, -0.25) is 4.79 Å². The summed E-state index contributed by atoms with van der Waals surface area (Å²) in [7, 11) is 1.20. The number of para-hydroxylation sites is 1. The van der Waals surface area contributed by atoms with Gasteiger partial charge in [0.15, 0.2) is 11.6 Å². The summed E-state index contributed by atoms with van der Waals surface area (Å²) in [5.41, 5.74) is 12.0. The van der Waals surface area contributed by atoms with E-state index < -0.39 is 18.5 Å². The average molecular weight is 402 g/mol. The average Bonchev–Trinajstić information content (AvgIpc) is 2.68. The molecule has 1 amide bonds. The third-order valence-electron chi connectivity index (χ3n) is 3.42. The lowest BCUT2D eigenvalue weighted by molar-refractivity contribution is -0.117. The molecular weight excluding hydrogens is 380 g/mol. The third kappa shape index (κ3) is 6.43. The van der Waals surface area contributed by atoms with Crippen molar-refractivity contribution in [1.29, 1.82) is 0 Å². The molecule has 0 saturated heterocycles. The molecule has 11 heteroatoms. The molecule has 1 heterocycles. The van der Waals surface area contributed by atoms with Gasteiger partial charge in [0.05, 0.1) is 13.2 Å². The Labute approximate surface area is 167 Å². The van der Waals surface area contributed by atoms with Gasteiger partial charge >= 0.3 is 6.16 Å². The number of azo groups is 1. The van der Waals surface area contributed by atoms with Crippen molar-refractivity contribution in [2.75, 3.05) is 18.2 Å². The normalized spacial score (nSPS) is 12.8. The molecule has 2 atom stereocenters. The second-order valence-electron chi connectivity index (χ2n) is 5.80. The van der Waals surface area contributed by atoms with Crippen LogP contribution in [0, 0.1) is 0 Å². The summed E-state index contributed by atoms with van der Waals surface area (Å²) >= 11 is 0. The van der Waals surface area contributed by atoms with Crippen LogP contribution in [0.4, 0.5) is 27.8 Å². The summed E-state index contributed by atoms with van der Waals surface area (Å²) in [6, 6.07) is 9.16. The minimum atomic E-state index is -0.904. The molecule has 1 aromatic carbocycles. The molecule has 1 unspecified atom stereocenters. The van der Waals surface area contributed by atoms with Crippen molar-refractivity contribution in [1.82, 2.24) is 4.98 Å². The van der Waals surface area contributed by atoms with E-state index in [1.807, 2.05) is 0 Å². The number of carbonyl (C=O) groups excluding carboxylic acids is 2. The van der Waals surface area contributed by atoms with Crippen LogP contribution < -0.4 is 21.5 Å². The summed E-state index contributed by atoms with van der Waals surface area (Å²) in [5.74, 6) is 0.263. The van der Waals surface area contributed by atoms with Crippen LogP contribution in [0.1, 0.15) is 13.8 Å². The number of nitrogens with zero attached hydrogens (tertiary/aromatic N) is 3. The van der Waals surface area contributed by atoms with E-state index in [-0.39, 0.29) is 23.2 Å². The maximum atomic E-state index is 11.6. The predicted molar refractivity (Wildman–Crippen MR) is 105 cm³/mol. The molecular formula is C18H22N6O5. The molecule has 5 N–H and O–H groups in total. The van der Waals surface area contributed by atoms with Crippen LogP contribution in [0.2, 0.25) is 0 Å². The van der Waals surface area contributed by atoms with Gasteiger partial charge in [-0.15, -0.1) is 10.2 Å². The highest BCUT2D eigenvalue weighted by Gasteiger charge is 2.13. The zero-order valence-corrected chi connectivity index (χ0v) is 16.2. The van der Waals surface area contributed by atoms with Crippen molar-refractivity contribution >= 4 is 35.1 Å². The third-order valence-corrected chi connectivity index (χ3v) is 3.42. The molecule has 0 radical (unpaired) electrons. The maximum absolute atomic E-state index is 11.6. The Kier molecular flexibility index (Phi) is 7.43. The van der Waals surface area contributed by atoms with Crippen LogP contribution in [0.3, 0.4) is 0 Å². The molecule has 11 nitrogen and oxygen atoms in total. The highest BCUT2D eigenvalue weighted by molar-refractivity contribution is 5.93. The van der Waals surface area contributed by atoms with Gasteiger partial charge in [0.2, 0.25) is 12.2 Å². The first-order valence-corrected chi connectivity index (χ1v) is 8.55. The summed E-state index contributed by atoms with van der Waals surface area (Å²) < 4.78 is 14.8. The van der Waals surface area contributed by atoms with E-state index in [1.54, 1.807) is 37.3 Å². The number of anilines is 2. The number of aromatic nitrogens is 1. The molecule has 2 aromatic rings. The summed E-state index contributed by atoms with van der Waals surface area (Å²) in [6.45, 7) is 3.08. The number of methoxy groups -OCH3 is 1. The second-order valence-corrected chi connectivity index (χ2v) is 5.80. The first-order valence-electron chi connectivity index (χ1n) is 8.55. The first kappa shape index (κ1) is 21.6. The number of nitrogens with two attached hydrogens (primary N) is 2. The van der Waals surface area contributed by atoms with Crippen LogP contribution in [0.15, 0.2) is 46.6 Å². The number of nitrogens with one attached hydrogen (secondary N) is 1. The SMILES string of the molecule is COC(=O)OC(C)Oc1ccccc1N=Nc1ccc(NC(=O)[C@H](C)N)nc1N. The largest absolute Gasteiger partial charge is 0.511 e. The van der Waals surface area contributed by atoms with Crippen LogP contribution in [-0.4, -0.2) is 36.5 Å². The van der Waals surface area contributed by atoms with E-state index in [0.717, 1.165) is 0 Å². The fraction of sp³-hybridized carbons (Fsp3) is 0.278. The van der Waals surface area contributed by atoms with E-state index in [9.17, 15) is 9.59 Å². The lowest BCUT2D eigenvalue weighted by Gasteiger charge is -2.15. The second kappa shape index (κ2) is 9.99. The summed E-state index contributed by atoms with van der Waals surface area (Å²) in [4.78, 5) is 26.8. The Balaban J connectivity index is 2.13. The number of amides is 1. The molecule has 0 saturated carbocycles. The van der Waals surface area contributed by atoms with E-state index >= 15 is 0 Å². The molecule has 0 aliphatic carbocycles. The first-order chi connectivity index (χ1) is 13.8. The molecule has 0 aliphatic rings. The van der Waals surface area contributed by atoms with Gasteiger partial charge in [0.1, 0.15) is 17.2 Å².